The highest BCUT2D eigenvalue weighted by atomic mass is 17.3. The lowest BCUT2D eigenvalue weighted by atomic mass is 9.57. The van der Waals surface area contributed by atoms with E-state index >= 15 is 0 Å². The SMILES string of the molecule is C[C@H]1[C@@H](CCN2CCCCC2)O[C@@H]2O[C@@]3(C)CC[C@H]4[C@H](C)CC[C@@H]1[C@@]24OO3. The van der Waals surface area contributed by atoms with E-state index in [1.54, 1.807) is 0 Å². The summed E-state index contributed by atoms with van der Waals surface area (Å²) >= 11 is 0. The van der Waals surface area contributed by atoms with Crippen LogP contribution in [0.25, 0.3) is 0 Å². The third-order valence-electron chi connectivity index (χ3n) is 8.47. The summed E-state index contributed by atoms with van der Waals surface area (Å²) < 4.78 is 13.2. The van der Waals surface area contributed by atoms with Crippen LogP contribution in [0.1, 0.15) is 72.1 Å². The molecule has 8 atom stereocenters. The van der Waals surface area contributed by atoms with Crippen LogP contribution in [-0.4, -0.2) is 48.3 Å². The fourth-order valence-corrected chi connectivity index (χ4v) is 6.80. The molecule has 0 unspecified atom stereocenters. The molecule has 154 valence electrons. The summed E-state index contributed by atoms with van der Waals surface area (Å²) in [7, 11) is 0. The number of likely N-dealkylation sites (tertiary alicyclic amines) is 1. The Bertz CT molecular complexity index is 552. The van der Waals surface area contributed by atoms with Gasteiger partial charge in [-0.2, -0.15) is 0 Å². The Hall–Kier alpha value is -0.200. The van der Waals surface area contributed by atoms with Crippen molar-refractivity contribution < 1.29 is 19.2 Å². The molecule has 1 saturated carbocycles. The van der Waals surface area contributed by atoms with E-state index < -0.39 is 11.4 Å². The van der Waals surface area contributed by atoms with Crippen molar-refractivity contribution in [3.8, 4) is 0 Å². The fourth-order valence-electron chi connectivity index (χ4n) is 6.80. The van der Waals surface area contributed by atoms with Gasteiger partial charge in [-0.05, 0) is 76.3 Å². The van der Waals surface area contributed by atoms with Gasteiger partial charge >= 0.3 is 0 Å². The van der Waals surface area contributed by atoms with Crippen LogP contribution in [0, 0.1) is 23.7 Å². The lowest BCUT2D eigenvalue weighted by Gasteiger charge is -2.60. The van der Waals surface area contributed by atoms with Crippen LogP contribution < -0.4 is 0 Å². The van der Waals surface area contributed by atoms with Gasteiger partial charge in [-0.25, -0.2) is 9.78 Å². The van der Waals surface area contributed by atoms with Gasteiger partial charge in [0.1, 0.15) is 0 Å². The summed E-state index contributed by atoms with van der Waals surface area (Å²) in [5, 5.41) is 0. The Morgan fingerprint density at radius 1 is 0.963 bits per heavy atom. The average molecular weight is 380 g/mol. The minimum absolute atomic E-state index is 0.258. The van der Waals surface area contributed by atoms with Crippen molar-refractivity contribution in [3.05, 3.63) is 0 Å². The van der Waals surface area contributed by atoms with Crippen molar-refractivity contribution in [2.75, 3.05) is 19.6 Å². The predicted octanol–water partition coefficient (Wildman–Crippen LogP) is 4.11. The van der Waals surface area contributed by atoms with E-state index in [2.05, 4.69) is 18.7 Å². The molecular weight excluding hydrogens is 342 g/mol. The normalized spacial score (nSPS) is 53.0. The van der Waals surface area contributed by atoms with Crippen molar-refractivity contribution in [1.29, 1.82) is 0 Å². The van der Waals surface area contributed by atoms with Gasteiger partial charge in [0.15, 0.2) is 11.9 Å². The molecule has 1 aliphatic carbocycles. The molecular formula is C22H37NO4. The predicted molar refractivity (Wildman–Crippen MR) is 102 cm³/mol. The molecule has 2 bridgehead atoms. The number of hydrogen-bond donors (Lipinski definition) is 0. The third kappa shape index (κ3) is 3.00. The second kappa shape index (κ2) is 6.94. The largest absolute Gasteiger partial charge is 0.346 e. The molecule has 5 heterocycles. The molecule has 0 N–H and O–H groups in total. The number of nitrogens with zero attached hydrogens (tertiary/aromatic N) is 1. The zero-order valence-corrected chi connectivity index (χ0v) is 17.3. The Morgan fingerprint density at radius 3 is 2.59 bits per heavy atom. The quantitative estimate of drug-likeness (QED) is 0.690. The Kier molecular flexibility index (Phi) is 4.84. The van der Waals surface area contributed by atoms with Gasteiger partial charge in [-0.3, -0.25) is 0 Å². The van der Waals surface area contributed by atoms with Crippen molar-refractivity contribution in [2.24, 2.45) is 23.7 Å². The Morgan fingerprint density at radius 2 is 1.78 bits per heavy atom. The molecule has 6 rings (SSSR count). The smallest absolute Gasteiger partial charge is 0.201 e. The summed E-state index contributed by atoms with van der Waals surface area (Å²) in [6, 6.07) is 0. The number of fused-ring (bicyclic) bond motifs is 2. The highest BCUT2D eigenvalue weighted by Gasteiger charge is 2.69. The first-order valence-electron chi connectivity index (χ1n) is 11.4. The minimum Gasteiger partial charge on any atom is -0.346 e. The lowest BCUT2D eigenvalue weighted by molar-refractivity contribution is -0.571. The summed E-state index contributed by atoms with van der Waals surface area (Å²) in [6.45, 7) is 10.4. The van der Waals surface area contributed by atoms with Crippen molar-refractivity contribution in [3.63, 3.8) is 0 Å². The second-order valence-corrected chi connectivity index (χ2v) is 10.1. The van der Waals surface area contributed by atoms with Gasteiger partial charge < -0.3 is 14.4 Å². The summed E-state index contributed by atoms with van der Waals surface area (Å²) in [5.74, 6) is 1.39. The molecule has 27 heavy (non-hydrogen) atoms. The molecule has 0 aromatic carbocycles. The van der Waals surface area contributed by atoms with Crippen LogP contribution >= 0.6 is 0 Å². The maximum atomic E-state index is 6.69. The van der Waals surface area contributed by atoms with Crippen LogP contribution in [0.4, 0.5) is 0 Å². The molecule has 5 aliphatic heterocycles. The van der Waals surface area contributed by atoms with Crippen LogP contribution in [-0.2, 0) is 19.2 Å². The highest BCUT2D eigenvalue weighted by molar-refractivity contribution is 5.09. The fraction of sp³-hybridized carbons (Fsp3) is 1.00. The molecule has 1 spiro atoms. The van der Waals surface area contributed by atoms with Crippen LogP contribution in [0.5, 0.6) is 0 Å². The maximum Gasteiger partial charge on any atom is 0.201 e. The van der Waals surface area contributed by atoms with Crippen molar-refractivity contribution in [2.45, 2.75) is 95.9 Å². The number of hydrogen-bond acceptors (Lipinski definition) is 5. The number of ether oxygens (including phenoxy) is 2. The highest BCUT2D eigenvalue weighted by Crippen LogP contribution is 2.60. The molecule has 6 fully saturated rings. The summed E-state index contributed by atoms with van der Waals surface area (Å²) in [6.07, 6.45) is 9.65. The summed E-state index contributed by atoms with van der Waals surface area (Å²) in [4.78, 5) is 14.8. The van der Waals surface area contributed by atoms with Crippen LogP contribution in [0.2, 0.25) is 0 Å². The van der Waals surface area contributed by atoms with E-state index in [-0.39, 0.29) is 12.4 Å². The first-order valence-corrected chi connectivity index (χ1v) is 11.4. The summed E-state index contributed by atoms with van der Waals surface area (Å²) in [5.41, 5.74) is -0.408. The van der Waals surface area contributed by atoms with E-state index in [1.165, 1.54) is 45.2 Å². The molecule has 5 saturated heterocycles. The van der Waals surface area contributed by atoms with E-state index in [9.17, 15) is 0 Å². The van der Waals surface area contributed by atoms with Crippen molar-refractivity contribution >= 4 is 0 Å². The van der Waals surface area contributed by atoms with Gasteiger partial charge in [0.25, 0.3) is 0 Å². The first kappa shape index (κ1) is 18.8. The lowest BCUT2D eigenvalue weighted by Crippen LogP contribution is -2.70. The van der Waals surface area contributed by atoms with E-state index in [0.29, 0.717) is 23.7 Å². The van der Waals surface area contributed by atoms with Crippen molar-refractivity contribution in [1.82, 2.24) is 4.90 Å². The first-order chi connectivity index (χ1) is 13.0. The number of rotatable bonds is 3. The molecule has 0 aromatic heterocycles. The van der Waals surface area contributed by atoms with Gasteiger partial charge in [-0.15, -0.1) is 0 Å². The zero-order chi connectivity index (χ0) is 18.6. The average Bonchev–Trinajstić information content (AvgIpc) is 2.90. The third-order valence-corrected chi connectivity index (χ3v) is 8.47. The maximum absolute atomic E-state index is 6.69. The van der Waals surface area contributed by atoms with Gasteiger partial charge in [0.05, 0.1) is 6.10 Å². The van der Waals surface area contributed by atoms with E-state index in [0.717, 1.165) is 25.8 Å². The topological polar surface area (TPSA) is 40.2 Å². The van der Waals surface area contributed by atoms with Crippen LogP contribution in [0.15, 0.2) is 0 Å². The van der Waals surface area contributed by atoms with Gasteiger partial charge in [0, 0.05) is 18.9 Å². The Labute approximate surface area is 164 Å². The molecule has 5 nitrogen and oxygen atoms in total. The standard InChI is InChI=1S/C22H37NO4/c1-15-7-8-18-16(2)19(10-14-23-12-5-4-6-13-23)24-20-22(18)17(15)9-11-21(3,25-20)26-27-22/h15-20H,4-14H2,1-3H3/t15-,16-,17+,18+,19-,20-,21-,22-/m1/s1. The Balaban J connectivity index is 1.38. The minimum atomic E-state index is -0.657. The second-order valence-electron chi connectivity index (χ2n) is 10.1. The molecule has 0 aromatic rings. The molecule has 0 amide bonds. The van der Waals surface area contributed by atoms with E-state index in [1.807, 2.05) is 6.92 Å². The molecule has 5 heteroatoms. The van der Waals surface area contributed by atoms with E-state index in [4.69, 9.17) is 19.2 Å². The molecule has 0 radical (unpaired) electrons. The van der Waals surface area contributed by atoms with Gasteiger partial charge in [-0.1, -0.05) is 20.3 Å². The van der Waals surface area contributed by atoms with Crippen LogP contribution in [0.3, 0.4) is 0 Å². The number of piperidine rings is 1. The van der Waals surface area contributed by atoms with Gasteiger partial charge in [0.2, 0.25) is 5.79 Å². The monoisotopic (exact) mass is 379 g/mol. The zero-order valence-electron chi connectivity index (χ0n) is 17.3. The molecule has 6 aliphatic rings.